The second-order valence-corrected chi connectivity index (χ2v) is 14.0. The zero-order chi connectivity index (χ0) is 20.3. The number of rotatable bonds is 7. The SMILES string of the molecule is CC(C)(C)OC(=O)NC(CO[Si](C)(C)C(C)(C)C)CC(C)(O)C(=O)O. The highest BCUT2D eigenvalue weighted by molar-refractivity contribution is 6.74. The Hall–Kier alpha value is -1.12. The van der Waals surface area contributed by atoms with E-state index in [1.807, 2.05) is 0 Å². The number of hydrogen-bond acceptors (Lipinski definition) is 5. The van der Waals surface area contributed by atoms with E-state index >= 15 is 0 Å². The molecule has 0 saturated heterocycles. The number of carbonyl (C=O) groups excluding carboxylic acids is 1. The molecule has 8 heteroatoms. The van der Waals surface area contributed by atoms with Gasteiger partial charge in [-0.1, -0.05) is 20.8 Å². The maximum Gasteiger partial charge on any atom is 0.407 e. The standard InChI is InChI=1S/C17H35NO6Si/c1-15(2,3)24-14(21)18-12(10-17(7,22)13(19)20)11-23-25(8,9)16(4,5)6/h12,22H,10-11H2,1-9H3,(H,18,21)(H,19,20). The third kappa shape index (κ3) is 8.69. The second kappa shape index (κ2) is 8.05. The molecule has 2 atom stereocenters. The highest BCUT2D eigenvalue weighted by Gasteiger charge is 2.39. The fourth-order valence-corrected chi connectivity index (χ4v) is 2.77. The molecule has 0 spiro atoms. The number of ether oxygens (including phenoxy) is 1. The molecule has 0 bridgehead atoms. The Balaban J connectivity index is 5.15. The Morgan fingerprint density at radius 2 is 1.56 bits per heavy atom. The number of carbonyl (C=O) groups is 2. The molecule has 0 aromatic heterocycles. The number of carboxylic acids is 1. The van der Waals surface area contributed by atoms with E-state index in [9.17, 15) is 14.7 Å². The number of hydrogen-bond donors (Lipinski definition) is 3. The number of aliphatic carboxylic acids is 1. The molecule has 0 fully saturated rings. The molecule has 0 aromatic carbocycles. The summed E-state index contributed by atoms with van der Waals surface area (Å²) in [6.45, 7) is 16.9. The first-order valence-electron chi connectivity index (χ1n) is 8.47. The van der Waals surface area contributed by atoms with E-state index in [4.69, 9.17) is 14.3 Å². The van der Waals surface area contributed by atoms with Crippen molar-refractivity contribution in [3.8, 4) is 0 Å². The lowest BCUT2D eigenvalue weighted by atomic mass is 9.97. The zero-order valence-electron chi connectivity index (χ0n) is 17.0. The van der Waals surface area contributed by atoms with Crippen LogP contribution in [0.4, 0.5) is 4.79 Å². The highest BCUT2D eigenvalue weighted by atomic mass is 28.4. The van der Waals surface area contributed by atoms with Crippen LogP contribution in [0.5, 0.6) is 0 Å². The van der Waals surface area contributed by atoms with Crippen LogP contribution in [0.25, 0.3) is 0 Å². The van der Waals surface area contributed by atoms with Crippen molar-refractivity contribution in [3.05, 3.63) is 0 Å². The molecule has 0 aliphatic heterocycles. The summed E-state index contributed by atoms with van der Waals surface area (Å²) in [7, 11) is -2.09. The molecule has 0 aromatic rings. The Morgan fingerprint density at radius 1 is 1.08 bits per heavy atom. The summed E-state index contributed by atoms with van der Waals surface area (Å²) in [6, 6.07) is -0.685. The van der Waals surface area contributed by atoms with Crippen LogP contribution in [0.3, 0.4) is 0 Å². The van der Waals surface area contributed by atoms with Crippen molar-refractivity contribution in [2.75, 3.05) is 6.61 Å². The lowest BCUT2D eigenvalue weighted by molar-refractivity contribution is -0.158. The third-order valence-electron chi connectivity index (χ3n) is 4.28. The zero-order valence-corrected chi connectivity index (χ0v) is 18.0. The van der Waals surface area contributed by atoms with E-state index < -0.39 is 37.6 Å². The first-order valence-corrected chi connectivity index (χ1v) is 11.4. The van der Waals surface area contributed by atoms with Crippen LogP contribution in [0.15, 0.2) is 0 Å². The number of amides is 1. The van der Waals surface area contributed by atoms with Gasteiger partial charge in [0.15, 0.2) is 13.9 Å². The second-order valence-electron chi connectivity index (χ2n) is 9.20. The lowest BCUT2D eigenvalue weighted by Gasteiger charge is -2.38. The molecular formula is C17H35NO6Si. The fourth-order valence-electron chi connectivity index (χ4n) is 1.72. The number of alkyl carbamates (subject to hydrolysis) is 1. The molecule has 0 heterocycles. The molecule has 0 aliphatic carbocycles. The Morgan fingerprint density at radius 3 is 1.92 bits per heavy atom. The highest BCUT2D eigenvalue weighted by Crippen LogP contribution is 2.36. The first-order chi connectivity index (χ1) is 10.9. The smallest absolute Gasteiger partial charge is 0.407 e. The molecule has 0 radical (unpaired) electrons. The van der Waals surface area contributed by atoms with Crippen molar-refractivity contribution in [2.24, 2.45) is 0 Å². The van der Waals surface area contributed by atoms with E-state index in [1.54, 1.807) is 20.8 Å². The number of carboxylic acid groups (broad SMARTS) is 1. The van der Waals surface area contributed by atoms with Crippen molar-refractivity contribution in [1.29, 1.82) is 0 Å². The maximum absolute atomic E-state index is 12.0. The molecule has 7 nitrogen and oxygen atoms in total. The van der Waals surface area contributed by atoms with Crippen LogP contribution in [0.1, 0.15) is 54.9 Å². The van der Waals surface area contributed by atoms with Crippen LogP contribution in [-0.2, 0) is 14.0 Å². The Kier molecular flexibility index (Phi) is 7.69. The minimum Gasteiger partial charge on any atom is -0.479 e. The van der Waals surface area contributed by atoms with Gasteiger partial charge in [0.1, 0.15) is 5.60 Å². The van der Waals surface area contributed by atoms with E-state index in [0.29, 0.717) is 0 Å². The van der Waals surface area contributed by atoms with Crippen LogP contribution < -0.4 is 5.32 Å². The monoisotopic (exact) mass is 377 g/mol. The van der Waals surface area contributed by atoms with Crippen molar-refractivity contribution in [1.82, 2.24) is 5.32 Å². The summed E-state index contributed by atoms with van der Waals surface area (Å²) < 4.78 is 11.3. The van der Waals surface area contributed by atoms with Gasteiger partial charge in [0.05, 0.1) is 12.6 Å². The van der Waals surface area contributed by atoms with Crippen molar-refractivity contribution in [3.63, 3.8) is 0 Å². The molecule has 25 heavy (non-hydrogen) atoms. The predicted molar refractivity (Wildman–Crippen MR) is 99.2 cm³/mol. The van der Waals surface area contributed by atoms with Gasteiger partial charge in [0.2, 0.25) is 0 Å². The minimum absolute atomic E-state index is 0.0290. The maximum atomic E-state index is 12.0. The van der Waals surface area contributed by atoms with E-state index in [0.717, 1.165) is 0 Å². The molecule has 0 rings (SSSR count). The van der Waals surface area contributed by atoms with Crippen molar-refractivity contribution < 1.29 is 29.0 Å². The summed E-state index contributed by atoms with van der Waals surface area (Å²) in [6.07, 6.45) is -0.853. The molecule has 148 valence electrons. The largest absolute Gasteiger partial charge is 0.479 e. The van der Waals surface area contributed by atoms with Gasteiger partial charge in [-0.05, 0) is 45.8 Å². The summed E-state index contributed by atoms with van der Waals surface area (Å²) in [4.78, 5) is 23.2. The van der Waals surface area contributed by atoms with E-state index in [-0.39, 0.29) is 18.1 Å². The van der Waals surface area contributed by atoms with Gasteiger partial charge in [-0.3, -0.25) is 0 Å². The van der Waals surface area contributed by atoms with Crippen LogP contribution in [0.2, 0.25) is 18.1 Å². The van der Waals surface area contributed by atoms with Crippen molar-refractivity contribution in [2.45, 2.75) is 90.3 Å². The van der Waals surface area contributed by atoms with E-state index in [1.165, 1.54) is 6.92 Å². The number of aliphatic hydroxyl groups is 1. The van der Waals surface area contributed by atoms with Crippen LogP contribution >= 0.6 is 0 Å². The fraction of sp³-hybridized carbons (Fsp3) is 0.882. The van der Waals surface area contributed by atoms with Crippen LogP contribution in [0, 0.1) is 0 Å². The summed E-state index contributed by atoms with van der Waals surface area (Å²) in [5.74, 6) is -1.35. The van der Waals surface area contributed by atoms with Gasteiger partial charge in [-0.2, -0.15) is 0 Å². The molecule has 1 amide bonds. The lowest BCUT2D eigenvalue weighted by Crippen LogP contribution is -2.51. The van der Waals surface area contributed by atoms with Gasteiger partial charge in [-0.15, -0.1) is 0 Å². The van der Waals surface area contributed by atoms with Gasteiger partial charge < -0.3 is 24.7 Å². The van der Waals surface area contributed by atoms with E-state index in [2.05, 4.69) is 39.2 Å². The van der Waals surface area contributed by atoms with Gasteiger partial charge in [-0.25, -0.2) is 9.59 Å². The van der Waals surface area contributed by atoms with Gasteiger partial charge >= 0.3 is 12.1 Å². The first kappa shape index (κ1) is 23.9. The molecule has 3 N–H and O–H groups in total. The predicted octanol–water partition coefficient (Wildman–Crippen LogP) is 3.13. The molecule has 2 unspecified atom stereocenters. The normalized spacial score (nSPS) is 16.7. The average Bonchev–Trinajstić information content (AvgIpc) is 2.31. The molecule has 0 saturated carbocycles. The topological polar surface area (TPSA) is 105 Å². The summed E-state index contributed by atoms with van der Waals surface area (Å²) >= 11 is 0. The Bertz CT molecular complexity index is 477. The molecule has 0 aliphatic rings. The quantitative estimate of drug-likeness (QED) is 0.589. The minimum atomic E-state index is -2.09. The Labute approximate surface area is 152 Å². The third-order valence-corrected chi connectivity index (χ3v) is 8.78. The van der Waals surface area contributed by atoms with Crippen molar-refractivity contribution >= 4 is 20.4 Å². The molecular weight excluding hydrogens is 342 g/mol. The van der Waals surface area contributed by atoms with Crippen LogP contribution in [-0.4, -0.2) is 54.4 Å². The number of nitrogens with one attached hydrogen (secondary N) is 1. The summed E-state index contributed by atoms with van der Waals surface area (Å²) in [5.41, 5.74) is -2.65. The van der Waals surface area contributed by atoms with Gasteiger partial charge in [0, 0.05) is 6.42 Å². The van der Waals surface area contributed by atoms with Gasteiger partial charge in [0.25, 0.3) is 0 Å². The summed E-state index contributed by atoms with van der Waals surface area (Å²) in [5, 5.41) is 21.8. The average molecular weight is 378 g/mol.